The van der Waals surface area contributed by atoms with Gasteiger partial charge in [0.2, 0.25) is 6.29 Å². The molecule has 1 aliphatic rings. The second-order valence-electron chi connectivity index (χ2n) is 5.84. The number of hydrogen-bond acceptors (Lipinski definition) is 6. The average molecular weight is 355 g/mol. The van der Waals surface area contributed by atoms with Crippen molar-refractivity contribution in [1.82, 2.24) is 19.9 Å². The third-order valence-electron chi connectivity index (χ3n) is 4.03. The molecule has 26 heavy (non-hydrogen) atoms. The molecule has 1 saturated heterocycles. The molecule has 3 heterocycles. The van der Waals surface area contributed by atoms with Crippen LogP contribution >= 0.6 is 0 Å². The lowest BCUT2D eigenvalue weighted by molar-refractivity contribution is -0.186. The molecule has 3 N–H and O–H groups in total. The molecule has 8 heteroatoms. The van der Waals surface area contributed by atoms with Gasteiger partial charge in [-0.2, -0.15) is 0 Å². The second-order valence-corrected chi connectivity index (χ2v) is 5.84. The van der Waals surface area contributed by atoms with Gasteiger partial charge in [0.1, 0.15) is 11.6 Å². The van der Waals surface area contributed by atoms with Gasteiger partial charge in [-0.25, -0.2) is 19.3 Å². The van der Waals surface area contributed by atoms with Crippen molar-refractivity contribution in [2.24, 2.45) is 5.73 Å². The Labute approximate surface area is 149 Å². The summed E-state index contributed by atoms with van der Waals surface area (Å²) in [5.41, 5.74) is 8.38. The first-order valence-electron chi connectivity index (χ1n) is 8.36. The van der Waals surface area contributed by atoms with E-state index in [1.54, 1.807) is 24.4 Å². The number of nitrogens with one attached hydrogen (secondary N) is 1. The molecule has 7 nitrogen and oxygen atoms in total. The van der Waals surface area contributed by atoms with Crippen LogP contribution in [0.15, 0.2) is 36.5 Å². The van der Waals surface area contributed by atoms with Crippen molar-refractivity contribution in [3.8, 4) is 22.6 Å². The number of nitrogens with two attached hydrogens (primary N) is 1. The Kier molecular flexibility index (Phi) is 4.70. The fourth-order valence-corrected chi connectivity index (χ4v) is 2.79. The number of hydrogen-bond donors (Lipinski definition) is 2. The average Bonchev–Trinajstić information content (AvgIpc) is 3.15. The first-order chi connectivity index (χ1) is 12.7. The van der Waals surface area contributed by atoms with E-state index in [4.69, 9.17) is 15.2 Å². The predicted octanol–water partition coefficient (Wildman–Crippen LogP) is 2.57. The highest BCUT2D eigenvalue weighted by molar-refractivity contribution is 5.76. The van der Waals surface area contributed by atoms with E-state index in [0.717, 1.165) is 12.0 Å². The molecule has 2 aromatic heterocycles. The van der Waals surface area contributed by atoms with E-state index in [2.05, 4.69) is 19.9 Å². The molecule has 1 aliphatic heterocycles. The Balaban J connectivity index is 1.81. The first-order valence-corrected chi connectivity index (χ1v) is 8.36. The molecule has 4 rings (SSSR count). The maximum absolute atomic E-state index is 13.3. The van der Waals surface area contributed by atoms with Gasteiger partial charge in [-0.05, 0) is 36.8 Å². The summed E-state index contributed by atoms with van der Waals surface area (Å²) in [6, 6.07) is 7.91. The van der Waals surface area contributed by atoms with Gasteiger partial charge in [0.05, 0.1) is 36.8 Å². The Morgan fingerprint density at radius 2 is 1.88 bits per heavy atom. The smallest absolute Gasteiger partial charge is 0.217 e. The highest BCUT2D eigenvalue weighted by atomic mass is 19.1. The highest BCUT2D eigenvalue weighted by Gasteiger charge is 2.24. The number of rotatable bonds is 4. The minimum atomic E-state index is -0.562. The van der Waals surface area contributed by atoms with Crippen LogP contribution in [0.5, 0.6) is 0 Å². The van der Waals surface area contributed by atoms with Crippen molar-refractivity contribution in [3.63, 3.8) is 0 Å². The number of aromatic nitrogens is 4. The molecule has 0 radical (unpaired) electrons. The Bertz CT molecular complexity index is 891. The highest BCUT2D eigenvalue weighted by Crippen LogP contribution is 2.32. The molecule has 134 valence electrons. The van der Waals surface area contributed by atoms with Crippen molar-refractivity contribution in [2.75, 3.05) is 13.2 Å². The number of benzene rings is 1. The minimum Gasteiger partial charge on any atom is -0.346 e. The number of aromatic amines is 1. The van der Waals surface area contributed by atoms with Gasteiger partial charge in [-0.3, -0.25) is 0 Å². The van der Waals surface area contributed by atoms with Gasteiger partial charge in [-0.15, -0.1) is 0 Å². The number of halogens is 1. The van der Waals surface area contributed by atoms with E-state index < -0.39 is 6.29 Å². The maximum Gasteiger partial charge on any atom is 0.217 e. The minimum absolute atomic E-state index is 0.232. The fraction of sp³-hybridized carbons (Fsp3) is 0.278. The van der Waals surface area contributed by atoms with Crippen molar-refractivity contribution >= 4 is 0 Å². The maximum atomic E-state index is 13.3. The Hall–Kier alpha value is -2.68. The second kappa shape index (κ2) is 7.28. The van der Waals surface area contributed by atoms with Gasteiger partial charge >= 0.3 is 0 Å². The molecular weight excluding hydrogens is 337 g/mol. The lowest BCUT2D eigenvalue weighted by Crippen LogP contribution is -2.18. The van der Waals surface area contributed by atoms with E-state index in [-0.39, 0.29) is 12.4 Å². The van der Waals surface area contributed by atoms with E-state index in [1.165, 1.54) is 12.1 Å². The molecule has 0 amide bonds. The summed E-state index contributed by atoms with van der Waals surface area (Å²) in [7, 11) is 0. The monoisotopic (exact) mass is 355 g/mol. The largest absolute Gasteiger partial charge is 0.346 e. The van der Waals surface area contributed by atoms with Gasteiger partial charge in [0.15, 0.2) is 5.82 Å². The topological polar surface area (TPSA) is 98.9 Å². The van der Waals surface area contributed by atoms with E-state index >= 15 is 0 Å². The molecule has 0 bridgehead atoms. The van der Waals surface area contributed by atoms with E-state index in [1.807, 2.05) is 0 Å². The van der Waals surface area contributed by atoms with Crippen LogP contribution in [0.2, 0.25) is 0 Å². The predicted molar refractivity (Wildman–Crippen MR) is 92.2 cm³/mol. The van der Waals surface area contributed by atoms with Crippen LogP contribution in [0.25, 0.3) is 22.6 Å². The van der Waals surface area contributed by atoms with Crippen LogP contribution in [-0.4, -0.2) is 33.1 Å². The van der Waals surface area contributed by atoms with Crippen LogP contribution in [0.1, 0.15) is 24.4 Å². The quantitative estimate of drug-likeness (QED) is 0.746. The summed E-state index contributed by atoms with van der Waals surface area (Å²) in [4.78, 5) is 16.5. The fourth-order valence-electron chi connectivity index (χ4n) is 2.79. The van der Waals surface area contributed by atoms with Gasteiger partial charge in [0, 0.05) is 11.8 Å². The number of nitrogens with zero attached hydrogens (tertiary/aromatic N) is 3. The van der Waals surface area contributed by atoms with Crippen molar-refractivity contribution in [1.29, 1.82) is 0 Å². The van der Waals surface area contributed by atoms with E-state index in [0.29, 0.717) is 41.9 Å². The third-order valence-corrected chi connectivity index (χ3v) is 4.03. The SMILES string of the molecule is NCc1nccc(-c2[nH]c(C3OCCCO3)nc2-c2ccc(F)cc2)n1. The summed E-state index contributed by atoms with van der Waals surface area (Å²) in [6.07, 6.45) is 1.93. The third kappa shape index (κ3) is 3.34. The standard InChI is InChI=1S/C18H18FN5O2/c19-12-4-2-11(3-5-12)15-16(13-6-7-21-14(10-20)22-13)24-17(23-15)18-25-8-1-9-26-18/h2-7,18H,1,8-10,20H2,(H,23,24). The molecule has 0 unspecified atom stereocenters. The molecule has 0 aliphatic carbocycles. The van der Waals surface area contributed by atoms with Crippen LogP contribution in [0.3, 0.4) is 0 Å². The number of imidazole rings is 1. The summed E-state index contributed by atoms with van der Waals surface area (Å²) in [6.45, 7) is 1.45. The Morgan fingerprint density at radius 1 is 1.12 bits per heavy atom. The molecule has 0 spiro atoms. The molecule has 0 saturated carbocycles. The first kappa shape index (κ1) is 16.8. The summed E-state index contributed by atoms with van der Waals surface area (Å²) in [5, 5.41) is 0. The molecule has 3 aromatic rings. The van der Waals surface area contributed by atoms with Crippen LogP contribution in [-0.2, 0) is 16.0 Å². The molecule has 0 atom stereocenters. The molecular formula is C18H18FN5O2. The number of ether oxygens (including phenoxy) is 2. The van der Waals surface area contributed by atoms with Gasteiger partial charge < -0.3 is 20.2 Å². The lowest BCUT2D eigenvalue weighted by Gasteiger charge is -2.21. The number of H-pyrrole nitrogens is 1. The van der Waals surface area contributed by atoms with Gasteiger partial charge in [-0.1, -0.05) is 0 Å². The van der Waals surface area contributed by atoms with Crippen molar-refractivity contribution in [2.45, 2.75) is 19.3 Å². The van der Waals surface area contributed by atoms with Crippen LogP contribution < -0.4 is 5.73 Å². The van der Waals surface area contributed by atoms with Crippen molar-refractivity contribution < 1.29 is 13.9 Å². The zero-order chi connectivity index (χ0) is 17.9. The van der Waals surface area contributed by atoms with Crippen LogP contribution in [0, 0.1) is 5.82 Å². The Morgan fingerprint density at radius 3 is 2.62 bits per heavy atom. The zero-order valence-corrected chi connectivity index (χ0v) is 14.0. The lowest BCUT2D eigenvalue weighted by atomic mass is 10.1. The molecule has 1 fully saturated rings. The van der Waals surface area contributed by atoms with E-state index in [9.17, 15) is 4.39 Å². The summed E-state index contributed by atoms with van der Waals surface area (Å²) in [5.74, 6) is 0.762. The summed E-state index contributed by atoms with van der Waals surface area (Å²) >= 11 is 0. The van der Waals surface area contributed by atoms with Crippen molar-refractivity contribution in [3.05, 3.63) is 54.0 Å². The molecule has 1 aromatic carbocycles. The van der Waals surface area contributed by atoms with Crippen LogP contribution in [0.4, 0.5) is 4.39 Å². The normalized spacial score (nSPS) is 15.3. The van der Waals surface area contributed by atoms with Gasteiger partial charge in [0.25, 0.3) is 0 Å². The zero-order valence-electron chi connectivity index (χ0n) is 14.0. The summed E-state index contributed by atoms with van der Waals surface area (Å²) < 4.78 is 24.6.